The van der Waals surface area contributed by atoms with E-state index in [0.29, 0.717) is 0 Å². The maximum Gasteiger partial charge on any atom is 0.438 e. The second-order valence-corrected chi connectivity index (χ2v) is 7.51. The molecule has 0 amide bonds. The summed E-state index contributed by atoms with van der Waals surface area (Å²) in [5, 5.41) is 0. The molecule has 0 bridgehead atoms. The van der Waals surface area contributed by atoms with Crippen molar-refractivity contribution in [2.45, 2.75) is 12.8 Å². The minimum atomic E-state index is -4.32. The molecule has 1 unspecified atom stereocenters. The number of hydrogen-bond acceptors (Lipinski definition) is 5. The number of quaternary nitrogens is 1. The van der Waals surface area contributed by atoms with Gasteiger partial charge in [-0.05, 0) is 12.8 Å². The molecule has 1 rings (SSSR count). The van der Waals surface area contributed by atoms with Gasteiger partial charge >= 0.3 is 10.3 Å². The van der Waals surface area contributed by atoms with Gasteiger partial charge in [-0.1, -0.05) is 0 Å². The second kappa shape index (κ2) is 5.13. The molecule has 0 aliphatic carbocycles. The lowest BCUT2D eigenvalue weighted by molar-refractivity contribution is -0.759. The molecule has 0 radical (unpaired) electrons. The monoisotopic (exact) mass is 301 g/mol. The Balaban J connectivity index is 2.64. The number of hydrogen-bond donors (Lipinski definition) is 2. The van der Waals surface area contributed by atoms with E-state index in [4.69, 9.17) is 4.55 Å². The molecular formula is C8H17N2O6S2+. The minimum absolute atomic E-state index is 0.0508. The van der Waals surface area contributed by atoms with Gasteiger partial charge in [0.05, 0.1) is 12.0 Å². The molecule has 1 aliphatic rings. The normalized spacial score (nSPS) is 24.7. The van der Waals surface area contributed by atoms with Crippen LogP contribution in [0, 0.1) is 0 Å². The highest BCUT2D eigenvalue weighted by Gasteiger charge is 2.42. The van der Waals surface area contributed by atoms with E-state index in [-0.39, 0.29) is 26.1 Å². The van der Waals surface area contributed by atoms with Crippen LogP contribution in [0.15, 0.2) is 12.4 Å². The Kier molecular flexibility index (Phi) is 4.38. The summed E-state index contributed by atoms with van der Waals surface area (Å²) in [6.45, 7) is 0.125. The average Bonchev–Trinajstić information content (AvgIpc) is 2.54. The van der Waals surface area contributed by atoms with Gasteiger partial charge in [0.15, 0.2) is 6.67 Å². The SMILES string of the molecule is CN1C=C[N+](CCCCS(=O)(=O)O)(S(=O)(=O)O)C1. The van der Waals surface area contributed by atoms with Crippen molar-refractivity contribution in [3.63, 3.8) is 0 Å². The van der Waals surface area contributed by atoms with Crippen LogP contribution >= 0.6 is 0 Å². The molecule has 0 aromatic carbocycles. The predicted molar refractivity (Wildman–Crippen MR) is 64.1 cm³/mol. The van der Waals surface area contributed by atoms with E-state index < -0.39 is 30.1 Å². The van der Waals surface area contributed by atoms with Gasteiger partial charge in [-0.25, -0.2) is 4.55 Å². The summed E-state index contributed by atoms with van der Waals surface area (Å²) in [5.74, 6) is -0.419. The molecule has 0 aromatic heterocycles. The maximum atomic E-state index is 11.4. The lowest BCUT2D eigenvalue weighted by Crippen LogP contribution is -2.49. The molecule has 1 atom stereocenters. The van der Waals surface area contributed by atoms with Gasteiger partial charge in [-0.2, -0.15) is 8.42 Å². The smallest absolute Gasteiger partial charge is 0.328 e. The van der Waals surface area contributed by atoms with E-state index >= 15 is 0 Å². The molecule has 0 spiro atoms. The minimum Gasteiger partial charge on any atom is -0.328 e. The quantitative estimate of drug-likeness (QED) is 0.391. The van der Waals surface area contributed by atoms with E-state index in [2.05, 4.69) is 0 Å². The van der Waals surface area contributed by atoms with E-state index in [1.165, 1.54) is 12.4 Å². The summed E-state index contributed by atoms with van der Waals surface area (Å²) in [7, 11) is -6.68. The van der Waals surface area contributed by atoms with Crippen LogP contribution in [-0.2, 0) is 20.4 Å². The highest BCUT2D eigenvalue weighted by Crippen LogP contribution is 2.23. The van der Waals surface area contributed by atoms with Crippen LogP contribution in [0.5, 0.6) is 0 Å². The Labute approximate surface area is 107 Å². The highest BCUT2D eigenvalue weighted by atomic mass is 32.2. The molecule has 2 N–H and O–H groups in total. The summed E-state index contributed by atoms with van der Waals surface area (Å²) in [5.41, 5.74) is 0. The number of nitrogens with zero attached hydrogens (tertiary/aromatic N) is 2. The first kappa shape index (κ1) is 15.4. The van der Waals surface area contributed by atoms with Crippen molar-refractivity contribution in [3.05, 3.63) is 12.4 Å². The zero-order valence-corrected chi connectivity index (χ0v) is 11.6. The maximum absolute atomic E-state index is 11.4. The predicted octanol–water partition coefficient (Wildman–Crippen LogP) is -0.352. The van der Waals surface area contributed by atoms with Crippen molar-refractivity contribution < 1.29 is 29.8 Å². The van der Waals surface area contributed by atoms with Crippen LogP contribution in [0.25, 0.3) is 0 Å². The fourth-order valence-electron chi connectivity index (χ4n) is 1.78. The van der Waals surface area contributed by atoms with Crippen molar-refractivity contribution in [2.75, 3.05) is 26.0 Å². The Morgan fingerprint density at radius 1 is 1.22 bits per heavy atom. The van der Waals surface area contributed by atoms with Crippen molar-refractivity contribution in [3.8, 4) is 0 Å². The lowest BCUT2D eigenvalue weighted by Gasteiger charge is -2.27. The molecule has 106 valence electrons. The van der Waals surface area contributed by atoms with Gasteiger partial charge in [0.25, 0.3) is 10.1 Å². The second-order valence-electron chi connectivity index (χ2n) is 4.31. The standard InChI is InChI=1S/C8H16N2O6S2/c1-9-4-6-10(8-9,18(14,15)16)5-2-3-7-17(11,12)13/h4,6H,2-3,5,7-8H2,1H3,(H-,11,12,13,14,15,16)/p+1. The Hall–Kier alpha value is -0.680. The van der Waals surface area contributed by atoms with Crippen molar-refractivity contribution in [2.24, 2.45) is 0 Å². The van der Waals surface area contributed by atoms with Crippen molar-refractivity contribution >= 4 is 20.4 Å². The Bertz CT molecular complexity index is 526. The van der Waals surface area contributed by atoms with Crippen LogP contribution in [0.1, 0.15) is 12.8 Å². The summed E-state index contributed by atoms with van der Waals surface area (Å²) in [6.07, 6.45) is 3.27. The van der Waals surface area contributed by atoms with Crippen LogP contribution in [0.3, 0.4) is 0 Å². The fraction of sp³-hybridized carbons (Fsp3) is 0.750. The summed E-state index contributed by atoms with van der Waals surface area (Å²) >= 11 is 0. The molecule has 1 heterocycles. The fourth-order valence-corrected chi connectivity index (χ4v) is 3.25. The van der Waals surface area contributed by atoms with Crippen LogP contribution in [-0.4, -0.2) is 60.7 Å². The number of rotatable bonds is 6. The third kappa shape index (κ3) is 3.92. The molecule has 0 aromatic rings. The summed E-state index contributed by atoms with van der Waals surface area (Å²) < 4.78 is 60.9. The first-order valence-corrected chi connectivity index (χ1v) is 8.25. The highest BCUT2D eigenvalue weighted by molar-refractivity contribution is 7.85. The molecular weight excluding hydrogens is 284 g/mol. The zero-order valence-electron chi connectivity index (χ0n) is 9.93. The van der Waals surface area contributed by atoms with Gasteiger partial charge in [0, 0.05) is 7.05 Å². The zero-order chi connectivity index (χ0) is 14.0. The van der Waals surface area contributed by atoms with Crippen molar-refractivity contribution in [1.82, 2.24) is 4.90 Å². The van der Waals surface area contributed by atoms with Crippen molar-refractivity contribution in [1.29, 1.82) is 0 Å². The van der Waals surface area contributed by atoms with E-state index in [9.17, 15) is 21.4 Å². The molecule has 1 aliphatic heterocycles. The van der Waals surface area contributed by atoms with Gasteiger partial charge in [0.2, 0.25) is 0 Å². The molecule has 0 fully saturated rings. The third-order valence-corrected chi connectivity index (χ3v) is 4.85. The summed E-state index contributed by atoms with van der Waals surface area (Å²) in [4.78, 5) is 1.61. The van der Waals surface area contributed by atoms with Crippen LogP contribution < -0.4 is 0 Å². The molecule has 8 nitrogen and oxygen atoms in total. The molecule has 18 heavy (non-hydrogen) atoms. The van der Waals surface area contributed by atoms with E-state index in [1.807, 2.05) is 0 Å². The van der Waals surface area contributed by atoms with Gasteiger partial charge in [0.1, 0.15) is 12.7 Å². The topological polar surface area (TPSA) is 112 Å². The van der Waals surface area contributed by atoms with Crippen LogP contribution in [0.2, 0.25) is 0 Å². The first-order valence-electron chi connectivity index (χ1n) is 5.25. The number of unbranched alkanes of at least 4 members (excludes halogenated alkanes) is 1. The van der Waals surface area contributed by atoms with Gasteiger partial charge < -0.3 is 4.90 Å². The lowest BCUT2D eigenvalue weighted by atomic mass is 10.3. The average molecular weight is 301 g/mol. The first-order chi connectivity index (χ1) is 8.06. The largest absolute Gasteiger partial charge is 0.438 e. The Morgan fingerprint density at radius 2 is 1.83 bits per heavy atom. The molecule has 0 saturated heterocycles. The van der Waals surface area contributed by atoms with Gasteiger partial charge in [-0.15, -0.1) is 12.3 Å². The van der Waals surface area contributed by atoms with Crippen LogP contribution in [0.4, 0.5) is 0 Å². The van der Waals surface area contributed by atoms with Gasteiger partial charge in [-0.3, -0.25) is 4.55 Å². The Morgan fingerprint density at radius 3 is 2.22 bits per heavy atom. The molecule has 10 heteroatoms. The third-order valence-electron chi connectivity index (χ3n) is 2.70. The molecule has 0 saturated carbocycles. The van der Waals surface area contributed by atoms with E-state index in [0.717, 1.165) is 0 Å². The summed E-state index contributed by atoms with van der Waals surface area (Å²) in [6, 6.07) is 0. The van der Waals surface area contributed by atoms with E-state index in [1.54, 1.807) is 11.9 Å².